The van der Waals surface area contributed by atoms with Gasteiger partial charge in [0, 0.05) is 23.0 Å². The van der Waals surface area contributed by atoms with Crippen molar-refractivity contribution in [3.05, 3.63) is 24.0 Å². The number of thioether (sulfide) groups is 1. The van der Waals surface area contributed by atoms with Gasteiger partial charge < -0.3 is 0 Å². The van der Waals surface area contributed by atoms with Crippen LogP contribution in [0.25, 0.3) is 0 Å². The smallest absolute Gasteiger partial charge is 0.0406 e. The van der Waals surface area contributed by atoms with Crippen molar-refractivity contribution in [3.8, 4) is 0 Å². The zero-order chi connectivity index (χ0) is 6.97. The molecule has 1 aliphatic rings. The first kappa shape index (κ1) is 6.23. The topological polar surface area (TPSA) is 12.9 Å². The molecule has 0 aliphatic carbocycles. The number of nitrogens with zero attached hydrogens (tertiary/aromatic N) is 1. The molecule has 1 atom stereocenters. The predicted octanol–water partition coefficient (Wildman–Crippen LogP) is 2.29. The highest BCUT2D eigenvalue weighted by molar-refractivity contribution is 7.99. The van der Waals surface area contributed by atoms with E-state index < -0.39 is 0 Å². The molecule has 52 valence electrons. The normalized spacial score (nSPS) is 22.7. The van der Waals surface area contributed by atoms with E-state index in [0.29, 0.717) is 0 Å². The minimum absolute atomic E-state index is 0.725. The van der Waals surface area contributed by atoms with Crippen molar-refractivity contribution in [1.82, 2.24) is 4.98 Å². The third-order valence-corrected chi connectivity index (χ3v) is 3.16. The largest absolute Gasteiger partial charge is 0.264 e. The van der Waals surface area contributed by atoms with Gasteiger partial charge in [0.2, 0.25) is 0 Å². The molecule has 0 N–H and O–H groups in total. The highest BCUT2D eigenvalue weighted by Gasteiger charge is 2.17. The fraction of sp³-hybridized carbons (Fsp3) is 0.375. The minimum atomic E-state index is 0.725. The van der Waals surface area contributed by atoms with Crippen molar-refractivity contribution >= 4 is 11.8 Å². The van der Waals surface area contributed by atoms with Gasteiger partial charge in [-0.1, -0.05) is 6.92 Å². The van der Waals surface area contributed by atoms with Crippen LogP contribution in [0, 0.1) is 0 Å². The summed E-state index contributed by atoms with van der Waals surface area (Å²) in [6.07, 6.45) is 3.84. The van der Waals surface area contributed by atoms with Gasteiger partial charge in [0.05, 0.1) is 0 Å². The van der Waals surface area contributed by atoms with Crippen LogP contribution in [0.2, 0.25) is 0 Å². The average Bonchev–Trinajstić information content (AvgIpc) is 2.34. The zero-order valence-corrected chi connectivity index (χ0v) is 6.69. The summed E-state index contributed by atoms with van der Waals surface area (Å²) in [5.74, 6) is 1.95. The van der Waals surface area contributed by atoms with E-state index in [0.717, 1.165) is 5.92 Å². The molecule has 0 amide bonds. The summed E-state index contributed by atoms with van der Waals surface area (Å²) in [4.78, 5) is 5.44. The summed E-state index contributed by atoms with van der Waals surface area (Å²) >= 11 is 1.91. The van der Waals surface area contributed by atoms with Gasteiger partial charge in [-0.15, -0.1) is 11.8 Å². The molecule has 1 aromatic rings. The molecule has 0 saturated carbocycles. The second-order valence-electron chi connectivity index (χ2n) is 2.63. The van der Waals surface area contributed by atoms with Crippen LogP contribution in [0.3, 0.4) is 0 Å². The molecule has 1 nitrogen and oxygen atoms in total. The Morgan fingerprint density at radius 3 is 3.40 bits per heavy atom. The van der Waals surface area contributed by atoms with Crippen LogP contribution in [-0.4, -0.2) is 10.7 Å². The van der Waals surface area contributed by atoms with E-state index in [2.05, 4.69) is 18.0 Å². The number of hydrogen-bond donors (Lipinski definition) is 0. The SMILES string of the molecule is CC1CSc2cnccc21. The number of hydrogen-bond acceptors (Lipinski definition) is 2. The van der Waals surface area contributed by atoms with Gasteiger partial charge in [-0.2, -0.15) is 0 Å². The Labute approximate surface area is 64.9 Å². The molecule has 0 aromatic carbocycles. The molecular formula is C8H9NS. The van der Waals surface area contributed by atoms with Gasteiger partial charge in [-0.05, 0) is 17.5 Å². The molecule has 10 heavy (non-hydrogen) atoms. The first-order chi connectivity index (χ1) is 4.88. The van der Waals surface area contributed by atoms with Gasteiger partial charge in [0.1, 0.15) is 0 Å². The molecule has 2 heteroatoms. The summed E-state index contributed by atoms with van der Waals surface area (Å²) in [7, 11) is 0. The highest BCUT2D eigenvalue weighted by atomic mass is 32.2. The van der Waals surface area contributed by atoms with Crippen molar-refractivity contribution in [2.75, 3.05) is 5.75 Å². The summed E-state index contributed by atoms with van der Waals surface area (Å²) in [5, 5.41) is 0. The predicted molar refractivity (Wildman–Crippen MR) is 43.4 cm³/mol. The molecule has 1 aliphatic heterocycles. The summed E-state index contributed by atoms with van der Waals surface area (Å²) in [6, 6.07) is 2.12. The van der Waals surface area contributed by atoms with E-state index >= 15 is 0 Å². The standard InChI is InChI=1S/C8H9NS/c1-6-5-10-8-4-9-3-2-7(6)8/h2-4,6H,5H2,1H3. The van der Waals surface area contributed by atoms with Crippen LogP contribution >= 0.6 is 11.8 Å². The fourth-order valence-corrected chi connectivity index (χ4v) is 2.40. The Hall–Kier alpha value is -0.500. The quantitative estimate of drug-likeness (QED) is 0.564. The van der Waals surface area contributed by atoms with Crippen molar-refractivity contribution in [2.45, 2.75) is 17.7 Å². The fourth-order valence-electron chi connectivity index (χ4n) is 1.22. The van der Waals surface area contributed by atoms with Crippen LogP contribution in [-0.2, 0) is 0 Å². The summed E-state index contributed by atoms with van der Waals surface area (Å²) < 4.78 is 0. The molecular weight excluding hydrogens is 142 g/mol. The van der Waals surface area contributed by atoms with E-state index in [-0.39, 0.29) is 0 Å². The Balaban J connectivity index is 2.51. The lowest BCUT2D eigenvalue weighted by Crippen LogP contribution is -1.88. The van der Waals surface area contributed by atoms with Crippen molar-refractivity contribution < 1.29 is 0 Å². The Bertz CT molecular complexity index is 247. The maximum Gasteiger partial charge on any atom is 0.0406 e. The molecule has 0 bridgehead atoms. The Morgan fingerprint density at radius 1 is 1.70 bits per heavy atom. The number of aromatic nitrogens is 1. The minimum Gasteiger partial charge on any atom is -0.264 e. The Kier molecular flexibility index (Phi) is 1.42. The molecule has 0 radical (unpaired) electrons. The number of pyridine rings is 1. The van der Waals surface area contributed by atoms with Crippen LogP contribution < -0.4 is 0 Å². The van der Waals surface area contributed by atoms with Gasteiger partial charge in [0.25, 0.3) is 0 Å². The van der Waals surface area contributed by atoms with Crippen molar-refractivity contribution in [3.63, 3.8) is 0 Å². The lowest BCUT2D eigenvalue weighted by molar-refractivity contribution is 0.876. The van der Waals surface area contributed by atoms with E-state index in [9.17, 15) is 0 Å². The lowest BCUT2D eigenvalue weighted by atomic mass is 10.1. The van der Waals surface area contributed by atoms with Gasteiger partial charge >= 0.3 is 0 Å². The number of fused-ring (bicyclic) bond motifs is 1. The summed E-state index contributed by atoms with van der Waals surface area (Å²) in [5.41, 5.74) is 1.47. The van der Waals surface area contributed by atoms with E-state index in [1.54, 1.807) is 0 Å². The van der Waals surface area contributed by atoms with Gasteiger partial charge in [-0.25, -0.2) is 0 Å². The molecule has 1 aromatic heterocycles. The third kappa shape index (κ3) is 0.833. The van der Waals surface area contributed by atoms with Crippen LogP contribution in [0.5, 0.6) is 0 Å². The molecule has 2 rings (SSSR count). The van der Waals surface area contributed by atoms with Crippen LogP contribution in [0.1, 0.15) is 18.4 Å². The molecule has 0 fully saturated rings. The monoisotopic (exact) mass is 151 g/mol. The average molecular weight is 151 g/mol. The number of rotatable bonds is 0. The maximum atomic E-state index is 4.07. The molecule has 1 unspecified atom stereocenters. The maximum absolute atomic E-state index is 4.07. The van der Waals surface area contributed by atoms with Crippen LogP contribution in [0.4, 0.5) is 0 Å². The first-order valence-corrected chi connectivity index (χ1v) is 4.43. The zero-order valence-electron chi connectivity index (χ0n) is 5.87. The summed E-state index contributed by atoms with van der Waals surface area (Å²) in [6.45, 7) is 2.26. The van der Waals surface area contributed by atoms with Gasteiger partial charge in [-0.3, -0.25) is 4.98 Å². The van der Waals surface area contributed by atoms with Crippen LogP contribution in [0.15, 0.2) is 23.4 Å². The lowest BCUT2D eigenvalue weighted by Gasteiger charge is -1.99. The van der Waals surface area contributed by atoms with Gasteiger partial charge in [0.15, 0.2) is 0 Å². The molecule has 0 saturated heterocycles. The molecule has 2 heterocycles. The first-order valence-electron chi connectivity index (χ1n) is 3.44. The highest BCUT2D eigenvalue weighted by Crippen LogP contribution is 2.37. The van der Waals surface area contributed by atoms with E-state index in [1.807, 2.05) is 24.2 Å². The third-order valence-electron chi connectivity index (χ3n) is 1.84. The second kappa shape index (κ2) is 2.27. The van der Waals surface area contributed by atoms with Crippen molar-refractivity contribution in [2.24, 2.45) is 0 Å². The van der Waals surface area contributed by atoms with E-state index in [4.69, 9.17) is 0 Å². The van der Waals surface area contributed by atoms with E-state index in [1.165, 1.54) is 16.2 Å². The second-order valence-corrected chi connectivity index (χ2v) is 3.69. The molecule has 0 spiro atoms. The Morgan fingerprint density at radius 2 is 2.60 bits per heavy atom. The van der Waals surface area contributed by atoms with Crippen molar-refractivity contribution in [1.29, 1.82) is 0 Å².